The molecular formula is C15H13ClFN3O. The van der Waals surface area contributed by atoms with E-state index in [0.717, 1.165) is 17.0 Å². The van der Waals surface area contributed by atoms with Crippen molar-refractivity contribution >= 4 is 29.3 Å². The van der Waals surface area contributed by atoms with Crippen molar-refractivity contribution in [1.82, 2.24) is 0 Å². The normalized spacial score (nSPS) is 16.0. The topological polar surface area (TPSA) is 45.6 Å². The Morgan fingerprint density at radius 2 is 2.19 bits per heavy atom. The summed E-state index contributed by atoms with van der Waals surface area (Å²) >= 11 is 5.79. The average molecular weight is 306 g/mol. The lowest BCUT2D eigenvalue weighted by Crippen LogP contribution is -2.17. The lowest BCUT2D eigenvalue weighted by atomic mass is 10.1. The number of ether oxygens (including phenoxy) is 1. The molecule has 1 aliphatic heterocycles. The number of rotatable bonds is 3. The Balaban J connectivity index is 1.92. The molecule has 2 aromatic carbocycles. The molecule has 2 aromatic rings. The van der Waals surface area contributed by atoms with Gasteiger partial charge in [0.15, 0.2) is 5.82 Å². The van der Waals surface area contributed by atoms with Gasteiger partial charge in [-0.1, -0.05) is 17.7 Å². The highest BCUT2D eigenvalue weighted by molar-refractivity contribution is 6.31. The molecule has 6 heteroatoms. The number of fused-ring (bicyclic) bond motifs is 1. The van der Waals surface area contributed by atoms with Gasteiger partial charge in [-0.15, -0.1) is 0 Å². The minimum absolute atomic E-state index is 0.0767. The number of benzene rings is 2. The van der Waals surface area contributed by atoms with Gasteiger partial charge in [0.05, 0.1) is 29.8 Å². The van der Waals surface area contributed by atoms with Gasteiger partial charge < -0.3 is 15.4 Å². The molecule has 0 spiro atoms. The zero-order valence-electron chi connectivity index (χ0n) is 11.2. The number of nitrogens with one attached hydrogen (secondary N) is 2. The fraction of sp³-hybridized carbons (Fsp3) is 0.133. The van der Waals surface area contributed by atoms with Gasteiger partial charge in [0.1, 0.15) is 11.9 Å². The second-order valence-corrected chi connectivity index (χ2v) is 4.93. The van der Waals surface area contributed by atoms with E-state index in [9.17, 15) is 4.39 Å². The van der Waals surface area contributed by atoms with Gasteiger partial charge in [0.2, 0.25) is 0 Å². The number of nitrogens with zero attached hydrogens (tertiary/aromatic N) is 1. The largest absolute Gasteiger partial charge is 0.497 e. The van der Waals surface area contributed by atoms with Crippen LogP contribution in [0.4, 0.5) is 15.8 Å². The summed E-state index contributed by atoms with van der Waals surface area (Å²) in [5.74, 6) is 0.257. The van der Waals surface area contributed by atoms with E-state index in [0.29, 0.717) is 5.69 Å². The predicted octanol–water partition coefficient (Wildman–Crippen LogP) is 4.05. The van der Waals surface area contributed by atoms with Crippen LogP contribution in [-0.2, 0) is 0 Å². The number of halogens is 2. The molecule has 1 heterocycles. The van der Waals surface area contributed by atoms with Crippen molar-refractivity contribution in [2.45, 2.75) is 6.17 Å². The first-order valence-electron chi connectivity index (χ1n) is 6.35. The molecule has 0 saturated heterocycles. The Hall–Kier alpha value is -2.27. The standard InChI is InChI=1S/C15H13ClFN3O/c1-21-9-5-6-10-13(7-9)18-8-19-15(10)20-12-4-2-3-11(16)14(12)17/h2-8,15,20H,1H3,(H,18,19). The quantitative estimate of drug-likeness (QED) is 0.899. The predicted molar refractivity (Wildman–Crippen MR) is 82.9 cm³/mol. The highest BCUT2D eigenvalue weighted by atomic mass is 35.5. The molecule has 0 amide bonds. The molecule has 0 aromatic heterocycles. The fourth-order valence-electron chi connectivity index (χ4n) is 2.17. The third kappa shape index (κ3) is 2.64. The van der Waals surface area contributed by atoms with Gasteiger partial charge in [-0.2, -0.15) is 0 Å². The molecule has 0 fully saturated rings. The van der Waals surface area contributed by atoms with E-state index in [1.54, 1.807) is 25.6 Å². The van der Waals surface area contributed by atoms with Crippen LogP contribution in [0.15, 0.2) is 41.4 Å². The summed E-state index contributed by atoms with van der Waals surface area (Å²) in [6, 6.07) is 10.4. The van der Waals surface area contributed by atoms with E-state index in [1.165, 1.54) is 6.07 Å². The molecule has 108 valence electrons. The van der Waals surface area contributed by atoms with E-state index >= 15 is 0 Å². The molecule has 4 nitrogen and oxygen atoms in total. The zero-order chi connectivity index (χ0) is 14.8. The third-order valence-corrected chi connectivity index (χ3v) is 3.53. The molecular weight excluding hydrogens is 293 g/mol. The van der Waals surface area contributed by atoms with Crippen molar-refractivity contribution in [3.63, 3.8) is 0 Å². The van der Waals surface area contributed by atoms with E-state index < -0.39 is 5.82 Å². The van der Waals surface area contributed by atoms with Crippen molar-refractivity contribution in [1.29, 1.82) is 0 Å². The van der Waals surface area contributed by atoms with Crippen molar-refractivity contribution in [3.05, 3.63) is 52.8 Å². The third-order valence-electron chi connectivity index (χ3n) is 3.24. The van der Waals surface area contributed by atoms with Crippen molar-refractivity contribution in [3.8, 4) is 5.75 Å². The lowest BCUT2D eigenvalue weighted by Gasteiger charge is -2.23. The average Bonchev–Trinajstić information content (AvgIpc) is 2.51. The van der Waals surface area contributed by atoms with Gasteiger partial charge in [0.25, 0.3) is 0 Å². The molecule has 1 unspecified atom stereocenters. The summed E-state index contributed by atoms with van der Waals surface area (Å²) < 4.78 is 19.2. The molecule has 2 N–H and O–H groups in total. The van der Waals surface area contributed by atoms with Gasteiger partial charge in [-0.05, 0) is 24.3 Å². The summed E-state index contributed by atoms with van der Waals surface area (Å²) in [6.07, 6.45) is 1.18. The first-order chi connectivity index (χ1) is 10.2. The van der Waals surface area contributed by atoms with E-state index in [2.05, 4.69) is 15.6 Å². The van der Waals surface area contributed by atoms with E-state index in [-0.39, 0.29) is 11.2 Å². The number of hydrogen-bond donors (Lipinski definition) is 2. The maximum absolute atomic E-state index is 14.0. The highest BCUT2D eigenvalue weighted by Crippen LogP contribution is 2.33. The molecule has 0 aliphatic carbocycles. The highest BCUT2D eigenvalue weighted by Gasteiger charge is 2.19. The zero-order valence-corrected chi connectivity index (χ0v) is 12.0. The van der Waals surface area contributed by atoms with Gasteiger partial charge in [-0.25, -0.2) is 9.38 Å². The first-order valence-corrected chi connectivity index (χ1v) is 6.73. The maximum Gasteiger partial charge on any atom is 0.164 e. The molecule has 3 rings (SSSR count). The van der Waals surface area contributed by atoms with E-state index in [4.69, 9.17) is 16.3 Å². The van der Waals surface area contributed by atoms with Crippen LogP contribution >= 0.6 is 11.6 Å². The molecule has 21 heavy (non-hydrogen) atoms. The van der Waals surface area contributed by atoms with Crippen LogP contribution in [0.1, 0.15) is 11.7 Å². The van der Waals surface area contributed by atoms with Crippen LogP contribution in [0.25, 0.3) is 0 Å². The van der Waals surface area contributed by atoms with Gasteiger partial charge in [0, 0.05) is 11.6 Å². The Morgan fingerprint density at radius 1 is 1.33 bits per heavy atom. The minimum atomic E-state index is -0.483. The monoisotopic (exact) mass is 305 g/mol. The summed E-state index contributed by atoms with van der Waals surface area (Å²) in [5.41, 5.74) is 2.08. The molecule has 0 radical (unpaired) electrons. The summed E-state index contributed by atoms with van der Waals surface area (Å²) in [5, 5.41) is 6.17. The van der Waals surface area contributed by atoms with Crippen LogP contribution in [-0.4, -0.2) is 13.4 Å². The van der Waals surface area contributed by atoms with Crippen LogP contribution in [0, 0.1) is 5.82 Å². The Bertz CT molecular complexity index is 705. The minimum Gasteiger partial charge on any atom is -0.497 e. The molecule has 0 bridgehead atoms. The number of aliphatic imine (C=N–C) groups is 1. The van der Waals surface area contributed by atoms with Gasteiger partial charge in [-0.3, -0.25) is 0 Å². The first kappa shape index (κ1) is 13.7. The number of anilines is 2. The van der Waals surface area contributed by atoms with Crippen LogP contribution < -0.4 is 15.4 Å². The molecule has 0 saturated carbocycles. The number of methoxy groups -OCH3 is 1. The summed E-state index contributed by atoms with van der Waals surface area (Å²) in [6.45, 7) is 0. The lowest BCUT2D eigenvalue weighted by molar-refractivity contribution is 0.415. The van der Waals surface area contributed by atoms with Gasteiger partial charge >= 0.3 is 0 Å². The fourth-order valence-corrected chi connectivity index (χ4v) is 2.34. The smallest absolute Gasteiger partial charge is 0.164 e. The van der Waals surface area contributed by atoms with Crippen LogP contribution in [0.2, 0.25) is 5.02 Å². The SMILES string of the molecule is COc1ccc2c(c1)NC=NC2Nc1cccc(Cl)c1F. The summed E-state index contributed by atoms with van der Waals surface area (Å²) in [4.78, 5) is 4.29. The maximum atomic E-state index is 14.0. The van der Waals surface area contributed by atoms with E-state index in [1.807, 2.05) is 18.2 Å². The van der Waals surface area contributed by atoms with Crippen molar-refractivity contribution in [2.75, 3.05) is 17.7 Å². The van der Waals surface area contributed by atoms with Crippen LogP contribution in [0.5, 0.6) is 5.75 Å². The van der Waals surface area contributed by atoms with Crippen molar-refractivity contribution in [2.24, 2.45) is 4.99 Å². The second-order valence-electron chi connectivity index (χ2n) is 4.52. The van der Waals surface area contributed by atoms with Crippen molar-refractivity contribution < 1.29 is 9.13 Å². The Morgan fingerprint density at radius 3 is 3.00 bits per heavy atom. The van der Waals surface area contributed by atoms with Crippen LogP contribution in [0.3, 0.4) is 0 Å². The Kier molecular flexibility index (Phi) is 3.66. The molecule has 1 atom stereocenters. The second kappa shape index (κ2) is 5.61. The molecule has 1 aliphatic rings. The summed E-state index contributed by atoms with van der Waals surface area (Å²) in [7, 11) is 1.61. The Labute approximate surface area is 126 Å². The number of hydrogen-bond acceptors (Lipinski definition) is 4.